The molecule has 0 aromatic carbocycles. The number of nitrogens with one attached hydrogen (secondary N) is 2. The lowest BCUT2D eigenvalue weighted by Gasteiger charge is -2.01. The molecule has 0 spiro atoms. The summed E-state index contributed by atoms with van der Waals surface area (Å²) in [5.74, 6) is -0.288. The van der Waals surface area contributed by atoms with Gasteiger partial charge in [0.1, 0.15) is 17.5 Å². The van der Waals surface area contributed by atoms with Crippen LogP contribution in [0.25, 0.3) is 0 Å². The number of hydrogen-bond donors (Lipinski definition) is 2. The number of aromatic amines is 1. The van der Waals surface area contributed by atoms with Crippen LogP contribution in [0.2, 0.25) is 5.15 Å². The van der Waals surface area contributed by atoms with Gasteiger partial charge >= 0.3 is 0 Å². The number of anilines is 1. The molecule has 2 N–H and O–H groups in total. The van der Waals surface area contributed by atoms with E-state index in [1.165, 1.54) is 18.3 Å². The molecule has 0 aliphatic heterocycles. The Morgan fingerprint density at radius 2 is 2.29 bits per heavy atom. The lowest BCUT2D eigenvalue weighted by Crippen LogP contribution is -2.15. The van der Waals surface area contributed by atoms with Gasteiger partial charge in [-0.1, -0.05) is 11.6 Å². The number of nitriles is 1. The quantitative estimate of drug-likeness (QED) is 0.824. The number of hydrogen-bond acceptors (Lipinski definition) is 5. The van der Waals surface area contributed by atoms with Crippen LogP contribution in [0.15, 0.2) is 18.3 Å². The Balaban J connectivity index is 2.18. The van der Waals surface area contributed by atoms with Gasteiger partial charge in [-0.25, -0.2) is 0 Å². The van der Waals surface area contributed by atoms with Gasteiger partial charge in [0.15, 0.2) is 10.8 Å². The van der Waals surface area contributed by atoms with Crippen LogP contribution in [0.5, 0.6) is 0 Å². The van der Waals surface area contributed by atoms with E-state index < -0.39 is 5.91 Å². The minimum atomic E-state index is -0.505. The van der Waals surface area contributed by atoms with E-state index in [1.54, 1.807) is 0 Å². The first-order valence-corrected chi connectivity index (χ1v) is 4.82. The number of rotatable bonds is 2. The minimum Gasteiger partial charge on any atom is -0.304 e. The Bertz CT molecular complexity index is 584. The van der Waals surface area contributed by atoms with E-state index in [2.05, 4.69) is 25.7 Å². The summed E-state index contributed by atoms with van der Waals surface area (Å²) in [6.45, 7) is 0. The summed E-state index contributed by atoms with van der Waals surface area (Å²) in [5.41, 5.74) is 0.327. The number of carbonyl (C=O) groups excluding carboxylic acids is 1. The third kappa shape index (κ3) is 2.38. The first kappa shape index (κ1) is 11.0. The summed E-state index contributed by atoms with van der Waals surface area (Å²) in [6, 6.07) is 4.75. The molecule has 0 aliphatic carbocycles. The van der Waals surface area contributed by atoms with Gasteiger partial charge < -0.3 is 5.32 Å². The fraction of sp³-hybridized carbons (Fsp3) is 0. The van der Waals surface area contributed by atoms with E-state index in [9.17, 15) is 4.79 Å². The molecule has 8 heteroatoms. The summed E-state index contributed by atoms with van der Waals surface area (Å²) in [6.07, 6.45) is 1.31. The first-order valence-electron chi connectivity index (χ1n) is 4.45. The van der Waals surface area contributed by atoms with Crippen LogP contribution in [-0.4, -0.2) is 26.3 Å². The van der Waals surface area contributed by atoms with E-state index >= 15 is 0 Å². The molecule has 0 atom stereocenters. The number of H-pyrrole nitrogens is 1. The zero-order valence-electron chi connectivity index (χ0n) is 8.31. The van der Waals surface area contributed by atoms with Crippen molar-refractivity contribution < 1.29 is 4.79 Å². The van der Waals surface area contributed by atoms with Gasteiger partial charge in [-0.2, -0.15) is 10.4 Å². The largest absolute Gasteiger partial charge is 0.304 e. The standard InChI is InChI=1S/C9H5ClN6O/c10-7-2-1-6(14-15-7)9(17)13-8-5(3-11)4-12-16-8/h1-2,4H,(H2,12,13,16,17). The van der Waals surface area contributed by atoms with E-state index in [1.807, 2.05) is 6.07 Å². The van der Waals surface area contributed by atoms with Crippen molar-refractivity contribution in [2.75, 3.05) is 5.32 Å². The fourth-order valence-corrected chi connectivity index (χ4v) is 1.18. The van der Waals surface area contributed by atoms with Crippen LogP contribution in [0.4, 0.5) is 5.82 Å². The van der Waals surface area contributed by atoms with Crippen molar-refractivity contribution in [3.8, 4) is 6.07 Å². The van der Waals surface area contributed by atoms with Gasteiger partial charge in [0, 0.05) is 0 Å². The van der Waals surface area contributed by atoms with Gasteiger partial charge in [0.2, 0.25) is 0 Å². The second-order valence-corrected chi connectivity index (χ2v) is 3.35. The molecule has 2 aromatic heterocycles. The third-order valence-corrected chi connectivity index (χ3v) is 2.06. The molecule has 0 saturated carbocycles. The lowest BCUT2D eigenvalue weighted by molar-refractivity contribution is 0.102. The molecule has 2 heterocycles. The number of nitrogens with zero attached hydrogens (tertiary/aromatic N) is 4. The third-order valence-electron chi connectivity index (χ3n) is 1.86. The van der Waals surface area contributed by atoms with Crippen LogP contribution in [0.3, 0.4) is 0 Å². The Kier molecular flexibility index (Phi) is 2.98. The van der Waals surface area contributed by atoms with E-state index in [4.69, 9.17) is 16.9 Å². The minimum absolute atomic E-state index is 0.0906. The molecule has 2 aromatic rings. The number of halogens is 1. The summed E-state index contributed by atoms with van der Waals surface area (Å²) < 4.78 is 0. The predicted octanol–water partition coefficient (Wildman–Crippen LogP) is 0.977. The molecule has 0 radical (unpaired) electrons. The molecule has 0 unspecified atom stereocenters. The van der Waals surface area contributed by atoms with Gasteiger partial charge in [0.05, 0.1) is 6.20 Å². The second kappa shape index (κ2) is 4.59. The van der Waals surface area contributed by atoms with Crippen LogP contribution >= 0.6 is 11.6 Å². The van der Waals surface area contributed by atoms with Crippen molar-refractivity contribution in [2.45, 2.75) is 0 Å². The summed E-state index contributed by atoms with van der Waals surface area (Å²) in [7, 11) is 0. The molecule has 0 fully saturated rings. The van der Waals surface area contributed by atoms with E-state index in [-0.39, 0.29) is 22.2 Å². The Hall–Kier alpha value is -2.46. The smallest absolute Gasteiger partial charge is 0.277 e. The zero-order chi connectivity index (χ0) is 12.3. The maximum atomic E-state index is 11.7. The van der Waals surface area contributed by atoms with Crippen molar-refractivity contribution in [1.29, 1.82) is 5.26 Å². The Morgan fingerprint density at radius 1 is 1.47 bits per heavy atom. The molecule has 7 nitrogen and oxygen atoms in total. The fourth-order valence-electron chi connectivity index (χ4n) is 1.08. The Morgan fingerprint density at radius 3 is 2.94 bits per heavy atom. The molecule has 0 saturated heterocycles. The molecule has 1 amide bonds. The monoisotopic (exact) mass is 248 g/mol. The van der Waals surface area contributed by atoms with Crippen molar-refractivity contribution in [1.82, 2.24) is 20.4 Å². The lowest BCUT2D eigenvalue weighted by atomic mass is 10.3. The van der Waals surface area contributed by atoms with E-state index in [0.29, 0.717) is 0 Å². The summed E-state index contributed by atoms with van der Waals surface area (Å²) in [4.78, 5) is 11.7. The highest BCUT2D eigenvalue weighted by molar-refractivity contribution is 6.29. The zero-order valence-corrected chi connectivity index (χ0v) is 9.06. The topological polar surface area (TPSA) is 107 Å². The molecule has 84 valence electrons. The van der Waals surface area contributed by atoms with Crippen molar-refractivity contribution in [3.05, 3.63) is 34.7 Å². The highest BCUT2D eigenvalue weighted by Gasteiger charge is 2.12. The van der Waals surface area contributed by atoms with Crippen LogP contribution < -0.4 is 5.32 Å². The van der Waals surface area contributed by atoms with Gasteiger partial charge in [-0.3, -0.25) is 9.89 Å². The molecule has 0 aliphatic rings. The average Bonchev–Trinajstić information content (AvgIpc) is 2.77. The van der Waals surface area contributed by atoms with Gasteiger partial charge in [-0.15, -0.1) is 10.2 Å². The number of carbonyl (C=O) groups is 1. The maximum Gasteiger partial charge on any atom is 0.277 e. The maximum absolute atomic E-state index is 11.7. The highest BCUT2D eigenvalue weighted by atomic mass is 35.5. The van der Waals surface area contributed by atoms with Crippen molar-refractivity contribution in [2.24, 2.45) is 0 Å². The van der Waals surface area contributed by atoms with Gasteiger partial charge in [-0.05, 0) is 12.1 Å². The van der Waals surface area contributed by atoms with Crippen LogP contribution in [0.1, 0.15) is 16.1 Å². The summed E-state index contributed by atoms with van der Waals surface area (Å²) >= 11 is 5.54. The van der Waals surface area contributed by atoms with Crippen molar-refractivity contribution in [3.63, 3.8) is 0 Å². The summed E-state index contributed by atoms with van der Waals surface area (Å²) in [5, 5.41) is 24.6. The van der Waals surface area contributed by atoms with Crippen LogP contribution in [0, 0.1) is 11.3 Å². The normalized spacial score (nSPS) is 9.65. The number of aromatic nitrogens is 4. The van der Waals surface area contributed by atoms with Crippen molar-refractivity contribution >= 4 is 23.3 Å². The SMILES string of the molecule is N#Cc1cn[nH]c1NC(=O)c1ccc(Cl)nn1. The Labute approximate surface area is 100 Å². The predicted molar refractivity (Wildman–Crippen MR) is 58.3 cm³/mol. The molecule has 2 rings (SSSR count). The molecular weight excluding hydrogens is 244 g/mol. The first-order chi connectivity index (χ1) is 8.20. The van der Waals surface area contributed by atoms with Gasteiger partial charge in [0.25, 0.3) is 5.91 Å². The molecular formula is C9H5ClN6O. The van der Waals surface area contributed by atoms with Crippen LogP contribution in [-0.2, 0) is 0 Å². The average molecular weight is 249 g/mol. The number of amides is 1. The second-order valence-electron chi connectivity index (χ2n) is 2.97. The molecule has 17 heavy (non-hydrogen) atoms. The van der Waals surface area contributed by atoms with E-state index in [0.717, 1.165) is 0 Å². The molecule has 0 bridgehead atoms. The highest BCUT2D eigenvalue weighted by Crippen LogP contribution is 2.10.